The van der Waals surface area contributed by atoms with Gasteiger partial charge in [0.25, 0.3) is 0 Å². The predicted octanol–water partition coefficient (Wildman–Crippen LogP) is 3.92. The number of aryl methyl sites for hydroxylation is 1. The highest BCUT2D eigenvalue weighted by molar-refractivity contribution is 9.10. The van der Waals surface area contributed by atoms with E-state index < -0.39 is 0 Å². The van der Waals surface area contributed by atoms with Crippen molar-refractivity contribution < 1.29 is 4.79 Å². The number of halogens is 1. The smallest absolute Gasteiger partial charge is 0.242 e. The molecule has 3 aromatic rings. The van der Waals surface area contributed by atoms with Crippen LogP contribution in [0.1, 0.15) is 28.6 Å². The Morgan fingerprint density at radius 1 is 1.11 bits per heavy atom. The lowest BCUT2D eigenvalue weighted by molar-refractivity contribution is -0.129. The van der Waals surface area contributed by atoms with Crippen molar-refractivity contribution in [1.82, 2.24) is 20.0 Å². The Labute approximate surface area is 173 Å². The predicted molar refractivity (Wildman–Crippen MR) is 113 cm³/mol. The standard InChI is InChI=1S/C22H23BrN4O/c1-15-20(16(2)27(25-15)18-9-4-3-5-10-18)21-22(28)24-12-13-26(21)14-17-8-6-7-11-19(17)23/h3-11,21H,12-14H2,1-2H3,(H,24,28). The van der Waals surface area contributed by atoms with Crippen LogP contribution in [-0.2, 0) is 11.3 Å². The molecule has 1 aromatic heterocycles. The number of carbonyl (C=O) groups is 1. The third-order valence-corrected chi connectivity index (χ3v) is 6.04. The van der Waals surface area contributed by atoms with Crippen molar-refractivity contribution in [3.8, 4) is 5.69 Å². The van der Waals surface area contributed by atoms with E-state index in [0.717, 1.165) is 33.7 Å². The van der Waals surface area contributed by atoms with E-state index in [1.165, 1.54) is 5.56 Å². The highest BCUT2D eigenvalue weighted by atomic mass is 79.9. The van der Waals surface area contributed by atoms with Crippen LogP contribution >= 0.6 is 15.9 Å². The zero-order valence-electron chi connectivity index (χ0n) is 16.0. The number of carbonyl (C=O) groups excluding carboxylic acids is 1. The summed E-state index contributed by atoms with van der Waals surface area (Å²) in [4.78, 5) is 15.2. The van der Waals surface area contributed by atoms with Gasteiger partial charge < -0.3 is 5.32 Å². The highest BCUT2D eigenvalue weighted by Gasteiger charge is 2.35. The summed E-state index contributed by atoms with van der Waals surface area (Å²) in [6, 6.07) is 17.9. The highest BCUT2D eigenvalue weighted by Crippen LogP contribution is 2.32. The van der Waals surface area contributed by atoms with Crippen LogP contribution in [0.5, 0.6) is 0 Å². The van der Waals surface area contributed by atoms with Crippen molar-refractivity contribution in [3.63, 3.8) is 0 Å². The number of piperazine rings is 1. The minimum absolute atomic E-state index is 0.0390. The van der Waals surface area contributed by atoms with Crippen LogP contribution in [0.4, 0.5) is 0 Å². The van der Waals surface area contributed by atoms with Gasteiger partial charge in [-0.15, -0.1) is 0 Å². The summed E-state index contributed by atoms with van der Waals surface area (Å²) in [5.74, 6) is 0.0390. The summed E-state index contributed by atoms with van der Waals surface area (Å²) >= 11 is 3.63. The van der Waals surface area contributed by atoms with Crippen molar-refractivity contribution in [3.05, 3.63) is 81.6 Å². The van der Waals surface area contributed by atoms with Gasteiger partial charge in [-0.3, -0.25) is 9.69 Å². The van der Waals surface area contributed by atoms with E-state index >= 15 is 0 Å². The molecule has 28 heavy (non-hydrogen) atoms. The van der Waals surface area contributed by atoms with Gasteiger partial charge in [0.1, 0.15) is 6.04 Å². The van der Waals surface area contributed by atoms with Crippen molar-refractivity contribution in [1.29, 1.82) is 0 Å². The normalized spacial score (nSPS) is 17.5. The number of benzene rings is 2. The van der Waals surface area contributed by atoms with Gasteiger partial charge in [0.2, 0.25) is 5.91 Å². The molecular formula is C22H23BrN4O. The minimum Gasteiger partial charge on any atom is -0.353 e. The summed E-state index contributed by atoms with van der Waals surface area (Å²) in [5.41, 5.74) is 5.06. The van der Waals surface area contributed by atoms with Crippen LogP contribution in [0.25, 0.3) is 5.69 Å². The van der Waals surface area contributed by atoms with Crippen molar-refractivity contribution in [2.45, 2.75) is 26.4 Å². The number of aromatic nitrogens is 2. The Morgan fingerprint density at radius 3 is 2.57 bits per heavy atom. The lowest BCUT2D eigenvalue weighted by atomic mass is 9.99. The lowest BCUT2D eigenvalue weighted by Gasteiger charge is -2.35. The van der Waals surface area contributed by atoms with Crippen molar-refractivity contribution in [2.24, 2.45) is 0 Å². The first-order valence-corrected chi connectivity index (χ1v) is 10.2. The van der Waals surface area contributed by atoms with Gasteiger partial charge in [-0.1, -0.05) is 52.3 Å². The van der Waals surface area contributed by atoms with Crippen LogP contribution in [0, 0.1) is 13.8 Å². The van der Waals surface area contributed by atoms with Crippen LogP contribution in [0.2, 0.25) is 0 Å². The van der Waals surface area contributed by atoms with Gasteiger partial charge in [-0.25, -0.2) is 4.68 Å². The summed E-state index contributed by atoms with van der Waals surface area (Å²) in [7, 11) is 0. The van der Waals surface area contributed by atoms with Crippen LogP contribution < -0.4 is 5.32 Å². The fraction of sp³-hybridized carbons (Fsp3) is 0.273. The Kier molecular flexibility index (Phi) is 5.33. The molecule has 2 aromatic carbocycles. The molecule has 4 rings (SSSR count). The Hall–Kier alpha value is -2.44. The number of hydrogen-bond acceptors (Lipinski definition) is 3. The Bertz CT molecular complexity index is 999. The molecule has 1 fully saturated rings. The van der Waals surface area contributed by atoms with Gasteiger partial charge in [0.05, 0.1) is 11.4 Å². The van der Waals surface area contributed by atoms with Gasteiger partial charge in [-0.2, -0.15) is 5.10 Å². The fourth-order valence-corrected chi connectivity index (χ4v) is 4.32. The van der Waals surface area contributed by atoms with E-state index in [9.17, 15) is 4.79 Å². The quantitative estimate of drug-likeness (QED) is 0.671. The van der Waals surface area contributed by atoms with E-state index in [1.807, 2.05) is 67.1 Å². The van der Waals surface area contributed by atoms with Crippen molar-refractivity contribution in [2.75, 3.05) is 13.1 Å². The van der Waals surface area contributed by atoms with Gasteiger partial charge in [0, 0.05) is 35.4 Å². The summed E-state index contributed by atoms with van der Waals surface area (Å²) in [6.45, 7) is 6.19. The Balaban J connectivity index is 1.74. The molecule has 0 spiro atoms. The molecule has 1 aliphatic heterocycles. The number of rotatable bonds is 4. The van der Waals surface area contributed by atoms with E-state index in [2.05, 4.69) is 32.2 Å². The van der Waals surface area contributed by atoms with E-state index in [4.69, 9.17) is 5.10 Å². The van der Waals surface area contributed by atoms with E-state index in [1.54, 1.807) is 0 Å². The third-order valence-electron chi connectivity index (χ3n) is 5.26. The molecule has 1 amide bonds. The summed E-state index contributed by atoms with van der Waals surface area (Å²) in [6.07, 6.45) is 0. The molecule has 1 saturated heterocycles. The van der Waals surface area contributed by atoms with Crippen molar-refractivity contribution >= 4 is 21.8 Å². The number of nitrogens with one attached hydrogen (secondary N) is 1. The molecule has 0 saturated carbocycles. The largest absolute Gasteiger partial charge is 0.353 e. The van der Waals surface area contributed by atoms with E-state index in [0.29, 0.717) is 13.1 Å². The SMILES string of the molecule is Cc1nn(-c2ccccc2)c(C)c1C1C(=O)NCCN1Cc1ccccc1Br. The molecule has 1 unspecified atom stereocenters. The third kappa shape index (κ3) is 3.50. The topological polar surface area (TPSA) is 50.2 Å². The summed E-state index contributed by atoms with van der Waals surface area (Å²) < 4.78 is 3.00. The zero-order valence-corrected chi connectivity index (χ0v) is 17.6. The van der Waals surface area contributed by atoms with Crippen LogP contribution in [-0.4, -0.2) is 33.7 Å². The summed E-state index contributed by atoms with van der Waals surface area (Å²) in [5, 5.41) is 7.78. The average molecular weight is 439 g/mol. The first-order valence-electron chi connectivity index (χ1n) is 9.43. The molecule has 0 bridgehead atoms. The molecule has 0 aliphatic carbocycles. The molecule has 144 valence electrons. The van der Waals surface area contributed by atoms with E-state index in [-0.39, 0.29) is 11.9 Å². The number of para-hydroxylation sites is 1. The maximum Gasteiger partial charge on any atom is 0.242 e. The monoisotopic (exact) mass is 438 g/mol. The molecule has 1 atom stereocenters. The first kappa shape index (κ1) is 18.9. The molecule has 6 heteroatoms. The second-order valence-corrected chi connectivity index (χ2v) is 7.94. The number of nitrogens with zero attached hydrogens (tertiary/aromatic N) is 3. The molecular weight excluding hydrogens is 416 g/mol. The Morgan fingerprint density at radius 2 is 1.82 bits per heavy atom. The molecule has 2 heterocycles. The molecule has 0 radical (unpaired) electrons. The maximum atomic E-state index is 12.9. The maximum absolute atomic E-state index is 12.9. The van der Waals surface area contributed by atoms with Gasteiger partial charge in [-0.05, 0) is 37.6 Å². The lowest BCUT2D eigenvalue weighted by Crippen LogP contribution is -2.49. The average Bonchev–Trinajstić information content (AvgIpc) is 2.99. The molecule has 5 nitrogen and oxygen atoms in total. The van der Waals surface area contributed by atoms with Crippen LogP contribution in [0.15, 0.2) is 59.1 Å². The van der Waals surface area contributed by atoms with Gasteiger partial charge in [0.15, 0.2) is 0 Å². The fourth-order valence-electron chi connectivity index (χ4n) is 3.91. The van der Waals surface area contributed by atoms with Crippen LogP contribution in [0.3, 0.4) is 0 Å². The zero-order chi connectivity index (χ0) is 19.7. The second kappa shape index (κ2) is 7.89. The molecule has 1 N–H and O–H groups in total. The number of amides is 1. The first-order chi connectivity index (χ1) is 13.6. The number of hydrogen-bond donors (Lipinski definition) is 1. The van der Waals surface area contributed by atoms with Gasteiger partial charge >= 0.3 is 0 Å². The second-order valence-electron chi connectivity index (χ2n) is 7.09. The molecule has 1 aliphatic rings. The minimum atomic E-state index is -0.349.